The van der Waals surface area contributed by atoms with Crippen LogP contribution in [0.1, 0.15) is 10.4 Å². The summed E-state index contributed by atoms with van der Waals surface area (Å²) in [5, 5.41) is 9.70. The van der Waals surface area contributed by atoms with Crippen molar-refractivity contribution < 1.29 is 24.1 Å². The number of methoxy groups -OCH3 is 3. The Morgan fingerprint density at radius 3 is 2.13 bits per heavy atom. The number of phenols is 1. The van der Waals surface area contributed by atoms with Gasteiger partial charge in [0.05, 0.1) is 21.3 Å². The van der Waals surface area contributed by atoms with E-state index in [9.17, 15) is 9.90 Å². The number of hydrogen-bond acceptors (Lipinski definition) is 5. The standard InChI is InChI=1S/C10H12O5/c1-13-6-4-5-7(14-2)9(11)8(6)10(12)15-3/h4-5,11H,1-3H3. The van der Waals surface area contributed by atoms with Crippen LogP contribution in [-0.2, 0) is 4.74 Å². The van der Waals surface area contributed by atoms with Crippen molar-refractivity contribution in [3.05, 3.63) is 17.7 Å². The lowest BCUT2D eigenvalue weighted by molar-refractivity contribution is 0.0593. The largest absolute Gasteiger partial charge is 0.504 e. The second-order valence-electron chi connectivity index (χ2n) is 2.69. The molecule has 5 nitrogen and oxygen atoms in total. The van der Waals surface area contributed by atoms with E-state index in [2.05, 4.69) is 4.74 Å². The number of ether oxygens (including phenoxy) is 3. The zero-order chi connectivity index (χ0) is 11.4. The summed E-state index contributed by atoms with van der Waals surface area (Å²) >= 11 is 0. The molecule has 0 saturated heterocycles. The van der Waals surface area contributed by atoms with Gasteiger partial charge in [0.25, 0.3) is 0 Å². The fourth-order valence-electron chi connectivity index (χ4n) is 1.19. The number of aromatic hydroxyl groups is 1. The van der Waals surface area contributed by atoms with Crippen molar-refractivity contribution in [2.24, 2.45) is 0 Å². The number of phenolic OH excluding ortho intramolecular Hbond substituents is 1. The molecule has 0 spiro atoms. The summed E-state index contributed by atoms with van der Waals surface area (Å²) in [6.45, 7) is 0. The van der Waals surface area contributed by atoms with Crippen LogP contribution in [0.25, 0.3) is 0 Å². The molecule has 1 N–H and O–H groups in total. The highest BCUT2D eigenvalue weighted by Crippen LogP contribution is 2.36. The average Bonchev–Trinajstić information content (AvgIpc) is 2.27. The Morgan fingerprint density at radius 1 is 1.13 bits per heavy atom. The van der Waals surface area contributed by atoms with Crippen LogP contribution in [0.3, 0.4) is 0 Å². The Morgan fingerprint density at radius 2 is 1.67 bits per heavy atom. The maximum Gasteiger partial charge on any atom is 0.345 e. The molecule has 5 heteroatoms. The third kappa shape index (κ3) is 1.96. The lowest BCUT2D eigenvalue weighted by Gasteiger charge is -2.11. The van der Waals surface area contributed by atoms with Crippen LogP contribution in [0, 0.1) is 0 Å². The van der Waals surface area contributed by atoms with Crippen molar-refractivity contribution in [1.82, 2.24) is 0 Å². The Bertz CT molecular complexity index is 372. The Kier molecular flexibility index (Phi) is 3.38. The Labute approximate surface area is 87.2 Å². The highest BCUT2D eigenvalue weighted by molar-refractivity contribution is 5.96. The van der Waals surface area contributed by atoms with Crippen LogP contribution in [0.2, 0.25) is 0 Å². The van der Waals surface area contributed by atoms with Crippen molar-refractivity contribution in [2.75, 3.05) is 21.3 Å². The second kappa shape index (κ2) is 4.54. The van der Waals surface area contributed by atoms with Gasteiger partial charge in [-0.3, -0.25) is 0 Å². The molecule has 0 unspecified atom stereocenters. The predicted molar refractivity (Wildman–Crippen MR) is 52.6 cm³/mol. The van der Waals surface area contributed by atoms with E-state index in [-0.39, 0.29) is 22.8 Å². The van der Waals surface area contributed by atoms with Crippen molar-refractivity contribution in [1.29, 1.82) is 0 Å². The van der Waals surface area contributed by atoms with E-state index in [1.807, 2.05) is 0 Å². The monoisotopic (exact) mass is 212 g/mol. The highest BCUT2D eigenvalue weighted by atomic mass is 16.5. The molecule has 15 heavy (non-hydrogen) atoms. The smallest absolute Gasteiger partial charge is 0.345 e. The van der Waals surface area contributed by atoms with Gasteiger partial charge in [-0.2, -0.15) is 0 Å². The summed E-state index contributed by atoms with van der Waals surface area (Å²) in [5.74, 6) is -0.539. The fraction of sp³-hybridized carbons (Fsp3) is 0.300. The first-order chi connectivity index (χ1) is 7.15. The molecule has 0 saturated carbocycles. The van der Waals surface area contributed by atoms with E-state index in [1.54, 1.807) is 0 Å². The van der Waals surface area contributed by atoms with Crippen molar-refractivity contribution in [3.63, 3.8) is 0 Å². The van der Waals surface area contributed by atoms with Gasteiger partial charge in [0, 0.05) is 0 Å². The molecular formula is C10H12O5. The van der Waals surface area contributed by atoms with Gasteiger partial charge in [-0.25, -0.2) is 4.79 Å². The topological polar surface area (TPSA) is 65.0 Å². The first-order valence-corrected chi connectivity index (χ1v) is 4.18. The third-order valence-corrected chi connectivity index (χ3v) is 1.93. The van der Waals surface area contributed by atoms with Crippen LogP contribution >= 0.6 is 0 Å². The maximum atomic E-state index is 11.4. The number of rotatable bonds is 3. The summed E-state index contributed by atoms with van der Waals surface area (Å²) < 4.78 is 14.3. The first-order valence-electron chi connectivity index (χ1n) is 4.18. The van der Waals surface area contributed by atoms with Gasteiger partial charge in [-0.05, 0) is 12.1 Å². The molecule has 1 rings (SSSR count). The summed E-state index contributed by atoms with van der Waals surface area (Å²) in [7, 11) is 4.01. The van der Waals surface area contributed by atoms with E-state index in [0.717, 1.165) is 0 Å². The van der Waals surface area contributed by atoms with Gasteiger partial charge in [0.1, 0.15) is 11.3 Å². The highest BCUT2D eigenvalue weighted by Gasteiger charge is 2.21. The molecule has 0 aliphatic carbocycles. The lowest BCUT2D eigenvalue weighted by atomic mass is 10.1. The van der Waals surface area contributed by atoms with Crippen LogP contribution in [0.4, 0.5) is 0 Å². The molecule has 0 bridgehead atoms. The molecule has 0 fully saturated rings. The second-order valence-corrected chi connectivity index (χ2v) is 2.69. The van der Waals surface area contributed by atoms with Crippen LogP contribution in [0.5, 0.6) is 17.2 Å². The Balaban J connectivity index is 3.35. The molecule has 0 aliphatic heterocycles. The van der Waals surface area contributed by atoms with E-state index in [0.29, 0.717) is 0 Å². The Hall–Kier alpha value is -1.91. The van der Waals surface area contributed by atoms with Gasteiger partial charge in [-0.1, -0.05) is 0 Å². The van der Waals surface area contributed by atoms with E-state index in [4.69, 9.17) is 9.47 Å². The quantitative estimate of drug-likeness (QED) is 0.762. The molecule has 1 aromatic carbocycles. The number of benzene rings is 1. The molecule has 1 aromatic rings. The lowest BCUT2D eigenvalue weighted by Crippen LogP contribution is -2.05. The van der Waals surface area contributed by atoms with Crippen molar-refractivity contribution in [3.8, 4) is 17.2 Å². The normalized spacial score (nSPS) is 9.53. The van der Waals surface area contributed by atoms with Gasteiger partial charge >= 0.3 is 5.97 Å². The summed E-state index contributed by atoms with van der Waals surface area (Å²) in [4.78, 5) is 11.4. The minimum Gasteiger partial charge on any atom is -0.504 e. The fourth-order valence-corrected chi connectivity index (χ4v) is 1.19. The van der Waals surface area contributed by atoms with Crippen molar-refractivity contribution >= 4 is 5.97 Å². The minimum absolute atomic E-state index is 0.0423. The molecule has 82 valence electrons. The summed E-state index contributed by atoms with van der Waals surface area (Å²) in [6, 6.07) is 3.02. The average molecular weight is 212 g/mol. The van der Waals surface area contributed by atoms with Crippen LogP contribution in [0.15, 0.2) is 12.1 Å². The van der Waals surface area contributed by atoms with Crippen molar-refractivity contribution in [2.45, 2.75) is 0 Å². The van der Waals surface area contributed by atoms with Gasteiger partial charge in [-0.15, -0.1) is 0 Å². The predicted octanol–water partition coefficient (Wildman–Crippen LogP) is 1.20. The molecular weight excluding hydrogens is 200 g/mol. The zero-order valence-electron chi connectivity index (χ0n) is 8.73. The molecule has 0 aliphatic rings. The van der Waals surface area contributed by atoms with E-state index >= 15 is 0 Å². The maximum absolute atomic E-state index is 11.4. The SMILES string of the molecule is COC(=O)c1c(OC)ccc(OC)c1O. The summed E-state index contributed by atoms with van der Waals surface area (Å²) in [6.07, 6.45) is 0. The first kappa shape index (κ1) is 11.2. The van der Waals surface area contributed by atoms with E-state index < -0.39 is 5.97 Å². The summed E-state index contributed by atoms with van der Waals surface area (Å²) in [5.41, 5.74) is -0.0423. The molecule has 0 amide bonds. The van der Waals surface area contributed by atoms with Crippen LogP contribution in [-0.4, -0.2) is 32.4 Å². The number of carbonyl (C=O) groups excluding carboxylic acids is 1. The molecule has 0 radical (unpaired) electrons. The minimum atomic E-state index is -0.678. The number of carbonyl (C=O) groups is 1. The van der Waals surface area contributed by atoms with Gasteiger partial charge in [0.2, 0.25) is 0 Å². The molecule has 0 aromatic heterocycles. The van der Waals surface area contributed by atoms with Gasteiger partial charge < -0.3 is 19.3 Å². The van der Waals surface area contributed by atoms with Gasteiger partial charge in [0.15, 0.2) is 11.5 Å². The van der Waals surface area contributed by atoms with Crippen LogP contribution < -0.4 is 9.47 Å². The molecule has 0 heterocycles. The third-order valence-electron chi connectivity index (χ3n) is 1.93. The molecule has 0 atom stereocenters. The number of hydrogen-bond donors (Lipinski definition) is 1. The zero-order valence-corrected chi connectivity index (χ0v) is 8.73. The number of esters is 1. The van der Waals surface area contributed by atoms with E-state index in [1.165, 1.54) is 33.5 Å².